The maximum absolute atomic E-state index is 12.9. The number of carbonyl (C=O) groups excluding carboxylic acids is 1. The third-order valence-electron chi connectivity index (χ3n) is 4.29. The number of carbonyl (C=O) groups is 1. The number of amides is 1. The van der Waals surface area contributed by atoms with Crippen LogP contribution in [0.25, 0.3) is 11.3 Å². The Balaban J connectivity index is 1.50. The van der Waals surface area contributed by atoms with Gasteiger partial charge in [-0.05, 0) is 50.5 Å². The highest BCUT2D eigenvalue weighted by Crippen LogP contribution is 2.21. The predicted octanol–water partition coefficient (Wildman–Crippen LogP) is 3.40. The van der Waals surface area contributed by atoms with Gasteiger partial charge in [-0.3, -0.25) is 4.79 Å². The van der Waals surface area contributed by atoms with E-state index in [2.05, 4.69) is 12.1 Å². The molecular formula is C18H21FN2O3. The molecule has 0 bridgehead atoms. The minimum absolute atomic E-state index is 0.0180. The van der Waals surface area contributed by atoms with Crippen molar-refractivity contribution in [2.45, 2.75) is 38.8 Å². The summed E-state index contributed by atoms with van der Waals surface area (Å²) < 4.78 is 23.6. The van der Waals surface area contributed by atoms with Crippen molar-refractivity contribution >= 4 is 5.91 Å². The SMILES string of the molecule is C[C@H]1CCCCN1C(=O)COCc1cc(-c2ccc(F)cc2)on1. The highest BCUT2D eigenvalue weighted by molar-refractivity contribution is 5.77. The van der Waals surface area contributed by atoms with Crippen LogP contribution >= 0.6 is 0 Å². The lowest BCUT2D eigenvalue weighted by atomic mass is 10.0. The van der Waals surface area contributed by atoms with Gasteiger partial charge in [-0.2, -0.15) is 0 Å². The molecule has 2 heterocycles. The molecule has 1 aromatic carbocycles. The van der Waals surface area contributed by atoms with Crippen molar-refractivity contribution in [3.8, 4) is 11.3 Å². The van der Waals surface area contributed by atoms with E-state index in [0.29, 0.717) is 11.5 Å². The molecule has 0 radical (unpaired) electrons. The molecule has 5 nitrogen and oxygen atoms in total. The lowest BCUT2D eigenvalue weighted by molar-refractivity contribution is -0.139. The Morgan fingerprint density at radius 3 is 2.92 bits per heavy atom. The molecule has 2 aromatic rings. The molecule has 0 N–H and O–H groups in total. The van der Waals surface area contributed by atoms with Gasteiger partial charge in [-0.15, -0.1) is 0 Å². The van der Waals surface area contributed by atoms with Gasteiger partial charge in [0, 0.05) is 24.2 Å². The van der Waals surface area contributed by atoms with Gasteiger partial charge < -0.3 is 14.2 Å². The summed E-state index contributed by atoms with van der Waals surface area (Å²) >= 11 is 0. The van der Waals surface area contributed by atoms with Crippen molar-refractivity contribution in [2.24, 2.45) is 0 Å². The van der Waals surface area contributed by atoms with E-state index >= 15 is 0 Å². The molecule has 6 heteroatoms. The van der Waals surface area contributed by atoms with Crippen LogP contribution in [0, 0.1) is 5.82 Å². The smallest absolute Gasteiger partial charge is 0.248 e. The first-order chi connectivity index (χ1) is 11.6. The summed E-state index contributed by atoms with van der Waals surface area (Å²) in [6.07, 6.45) is 3.29. The van der Waals surface area contributed by atoms with Gasteiger partial charge in [0.2, 0.25) is 5.91 Å². The van der Waals surface area contributed by atoms with Crippen molar-refractivity contribution in [1.82, 2.24) is 10.1 Å². The van der Waals surface area contributed by atoms with Crippen molar-refractivity contribution in [1.29, 1.82) is 0 Å². The molecule has 128 valence electrons. The average molecular weight is 332 g/mol. The van der Waals surface area contributed by atoms with Gasteiger partial charge in [-0.25, -0.2) is 4.39 Å². The van der Waals surface area contributed by atoms with E-state index in [4.69, 9.17) is 9.26 Å². The van der Waals surface area contributed by atoms with Gasteiger partial charge in [0.15, 0.2) is 5.76 Å². The number of piperidine rings is 1. The quantitative estimate of drug-likeness (QED) is 0.842. The third kappa shape index (κ3) is 4.00. The largest absolute Gasteiger partial charge is 0.365 e. The van der Waals surface area contributed by atoms with E-state index in [1.807, 2.05) is 4.90 Å². The molecule has 1 saturated heterocycles. The molecule has 1 atom stereocenters. The lowest BCUT2D eigenvalue weighted by Crippen LogP contribution is -2.43. The second-order valence-electron chi connectivity index (χ2n) is 6.11. The van der Waals surface area contributed by atoms with E-state index in [0.717, 1.165) is 24.9 Å². The second kappa shape index (κ2) is 7.57. The number of halogens is 1. The minimum Gasteiger partial charge on any atom is -0.365 e. The van der Waals surface area contributed by atoms with Crippen molar-refractivity contribution < 1.29 is 18.4 Å². The molecule has 1 aliphatic rings. The number of benzene rings is 1. The molecule has 1 amide bonds. The van der Waals surface area contributed by atoms with E-state index in [9.17, 15) is 9.18 Å². The lowest BCUT2D eigenvalue weighted by Gasteiger charge is -2.33. The van der Waals surface area contributed by atoms with Crippen LogP contribution in [0.3, 0.4) is 0 Å². The first kappa shape index (κ1) is 16.6. The molecular weight excluding hydrogens is 311 g/mol. The summed E-state index contributed by atoms with van der Waals surface area (Å²) in [7, 11) is 0. The van der Waals surface area contributed by atoms with Crippen LogP contribution in [-0.4, -0.2) is 35.2 Å². The van der Waals surface area contributed by atoms with Gasteiger partial charge in [-0.1, -0.05) is 5.16 Å². The van der Waals surface area contributed by atoms with Gasteiger partial charge in [0.25, 0.3) is 0 Å². The fraction of sp³-hybridized carbons (Fsp3) is 0.444. The van der Waals surface area contributed by atoms with Crippen molar-refractivity contribution in [2.75, 3.05) is 13.2 Å². The summed E-state index contributed by atoms with van der Waals surface area (Å²) in [5.74, 6) is 0.265. The molecule has 0 unspecified atom stereocenters. The van der Waals surface area contributed by atoms with Crippen LogP contribution in [0.15, 0.2) is 34.9 Å². The number of rotatable bonds is 5. The first-order valence-electron chi connectivity index (χ1n) is 8.22. The van der Waals surface area contributed by atoms with Gasteiger partial charge >= 0.3 is 0 Å². The molecule has 24 heavy (non-hydrogen) atoms. The Morgan fingerprint density at radius 2 is 2.17 bits per heavy atom. The van der Waals surface area contributed by atoms with Crippen LogP contribution in [-0.2, 0) is 16.1 Å². The number of nitrogens with zero attached hydrogens (tertiary/aromatic N) is 2. The number of aromatic nitrogens is 1. The second-order valence-corrected chi connectivity index (χ2v) is 6.11. The maximum atomic E-state index is 12.9. The molecule has 1 fully saturated rings. The number of likely N-dealkylation sites (tertiary alicyclic amines) is 1. The van der Waals surface area contributed by atoms with Gasteiger partial charge in [0.05, 0.1) is 6.61 Å². The van der Waals surface area contributed by atoms with Crippen molar-refractivity contribution in [3.05, 3.63) is 41.8 Å². The van der Waals surface area contributed by atoms with Crippen LogP contribution in [0.5, 0.6) is 0 Å². The highest BCUT2D eigenvalue weighted by atomic mass is 19.1. The fourth-order valence-electron chi connectivity index (χ4n) is 2.92. The molecule has 1 aromatic heterocycles. The van der Waals surface area contributed by atoms with Crippen LogP contribution in [0.1, 0.15) is 31.9 Å². The molecule has 1 aliphatic heterocycles. The summed E-state index contributed by atoms with van der Waals surface area (Å²) in [4.78, 5) is 14.1. The minimum atomic E-state index is -0.299. The van der Waals surface area contributed by atoms with Crippen LogP contribution in [0.2, 0.25) is 0 Å². The third-order valence-corrected chi connectivity index (χ3v) is 4.29. The standard InChI is InChI=1S/C18H21FN2O3/c1-13-4-2-3-9-21(13)18(22)12-23-11-16-10-17(24-20-16)14-5-7-15(19)8-6-14/h5-8,10,13H,2-4,9,11-12H2,1H3/t13-/m0/s1. The van der Waals surface area contributed by atoms with E-state index < -0.39 is 0 Å². The zero-order chi connectivity index (χ0) is 16.9. The zero-order valence-corrected chi connectivity index (χ0v) is 13.7. The van der Waals surface area contributed by atoms with E-state index in [1.54, 1.807) is 18.2 Å². The van der Waals surface area contributed by atoms with Crippen LogP contribution < -0.4 is 0 Å². The van der Waals surface area contributed by atoms with E-state index in [1.165, 1.54) is 18.6 Å². The molecule has 0 saturated carbocycles. The number of hydrogen-bond donors (Lipinski definition) is 0. The molecule has 0 spiro atoms. The van der Waals surface area contributed by atoms with Crippen LogP contribution in [0.4, 0.5) is 4.39 Å². The Kier molecular flexibility index (Phi) is 5.25. The predicted molar refractivity (Wildman–Crippen MR) is 86.6 cm³/mol. The molecule has 0 aliphatic carbocycles. The normalized spacial score (nSPS) is 17.9. The Morgan fingerprint density at radius 1 is 1.38 bits per heavy atom. The first-order valence-corrected chi connectivity index (χ1v) is 8.22. The Hall–Kier alpha value is -2.21. The average Bonchev–Trinajstić information content (AvgIpc) is 3.04. The Labute approximate surface area is 140 Å². The van der Waals surface area contributed by atoms with E-state index in [-0.39, 0.29) is 31.0 Å². The maximum Gasteiger partial charge on any atom is 0.248 e. The highest BCUT2D eigenvalue weighted by Gasteiger charge is 2.23. The number of hydrogen-bond acceptors (Lipinski definition) is 4. The fourth-order valence-corrected chi connectivity index (χ4v) is 2.92. The zero-order valence-electron chi connectivity index (χ0n) is 13.7. The van der Waals surface area contributed by atoms with Gasteiger partial charge in [0.1, 0.15) is 18.1 Å². The Bertz CT molecular complexity index is 684. The van der Waals surface area contributed by atoms with Crippen molar-refractivity contribution in [3.63, 3.8) is 0 Å². The summed E-state index contributed by atoms with van der Waals surface area (Å²) in [5, 5.41) is 3.92. The monoisotopic (exact) mass is 332 g/mol. The summed E-state index contributed by atoms with van der Waals surface area (Å²) in [6, 6.07) is 8.01. The molecule has 3 rings (SSSR count). The topological polar surface area (TPSA) is 55.6 Å². The summed E-state index contributed by atoms with van der Waals surface area (Å²) in [6.45, 7) is 3.13. The summed E-state index contributed by atoms with van der Waals surface area (Å²) in [5.41, 5.74) is 1.35. The number of ether oxygens (including phenoxy) is 1.